The molecule has 0 fully saturated rings. The van der Waals surface area contributed by atoms with Gasteiger partial charge in [0.25, 0.3) is 0 Å². The van der Waals surface area contributed by atoms with Gasteiger partial charge in [-0.1, -0.05) is 31.2 Å². The molecule has 0 unspecified atom stereocenters. The summed E-state index contributed by atoms with van der Waals surface area (Å²) >= 11 is 1.55. The maximum absolute atomic E-state index is 8.58. The molecule has 2 aromatic rings. The Morgan fingerprint density at radius 2 is 2.06 bits per heavy atom. The van der Waals surface area contributed by atoms with E-state index in [0.29, 0.717) is 6.42 Å². The summed E-state index contributed by atoms with van der Waals surface area (Å²) in [6.07, 6.45) is 1.45. The van der Waals surface area contributed by atoms with Gasteiger partial charge in [0.2, 0.25) is 0 Å². The highest BCUT2D eigenvalue weighted by Gasteiger charge is 2.03. The van der Waals surface area contributed by atoms with E-state index in [2.05, 4.69) is 42.2 Å². The van der Waals surface area contributed by atoms with Crippen molar-refractivity contribution >= 4 is 11.3 Å². The predicted molar refractivity (Wildman–Crippen MR) is 66.2 cm³/mol. The Labute approximate surface area is 99.2 Å². The second-order valence-corrected chi connectivity index (χ2v) is 4.45. The van der Waals surface area contributed by atoms with E-state index < -0.39 is 0 Å². The summed E-state index contributed by atoms with van der Waals surface area (Å²) in [5.41, 5.74) is 3.42. The predicted octanol–water partition coefficient (Wildman–Crippen LogP) is 3.44. The highest BCUT2D eigenvalue weighted by Crippen LogP contribution is 2.22. The van der Waals surface area contributed by atoms with Crippen LogP contribution in [0.4, 0.5) is 0 Å². The van der Waals surface area contributed by atoms with Crippen molar-refractivity contribution in [3.63, 3.8) is 0 Å². The van der Waals surface area contributed by atoms with Crippen LogP contribution in [0.1, 0.15) is 17.5 Å². The number of rotatable bonds is 3. The molecular weight excluding hydrogens is 216 g/mol. The van der Waals surface area contributed by atoms with Crippen LogP contribution < -0.4 is 0 Å². The molecule has 0 radical (unpaired) electrons. The number of aromatic nitrogens is 1. The lowest BCUT2D eigenvalue weighted by Gasteiger charge is -1.98. The summed E-state index contributed by atoms with van der Waals surface area (Å²) < 4.78 is 0. The molecule has 2 nitrogen and oxygen atoms in total. The van der Waals surface area contributed by atoms with E-state index in [9.17, 15) is 0 Å². The lowest BCUT2D eigenvalue weighted by atomic mass is 10.1. The Morgan fingerprint density at radius 1 is 1.31 bits per heavy atom. The third-order valence-corrected chi connectivity index (χ3v) is 3.29. The standard InChI is InChI=1S/C13H12N2S/c1-2-10-3-5-11(6-4-10)12-9-16-13(15-12)7-8-14/h3-6,9H,2,7H2,1H3. The molecular formula is C13H12N2S. The molecule has 0 bridgehead atoms. The number of nitriles is 1. The normalized spacial score (nSPS) is 10.0. The minimum Gasteiger partial charge on any atom is -0.240 e. The lowest BCUT2D eigenvalue weighted by Crippen LogP contribution is -1.83. The van der Waals surface area contributed by atoms with Crippen molar-refractivity contribution in [2.45, 2.75) is 19.8 Å². The SMILES string of the molecule is CCc1ccc(-c2csc(CC#N)n2)cc1. The molecule has 0 aliphatic heterocycles. The minimum absolute atomic E-state index is 0.401. The van der Waals surface area contributed by atoms with Crippen LogP contribution in [0.25, 0.3) is 11.3 Å². The summed E-state index contributed by atoms with van der Waals surface area (Å²) in [5, 5.41) is 11.5. The van der Waals surface area contributed by atoms with Gasteiger partial charge in [-0.2, -0.15) is 5.26 Å². The lowest BCUT2D eigenvalue weighted by molar-refractivity contribution is 1.14. The molecule has 0 N–H and O–H groups in total. The van der Waals surface area contributed by atoms with Crippen LogP contribution in [0.5, 0.6) is 0 Å². The highest BCUT2D eigenvalue weighted by molar-refractivity contribution is 7.10. The van der Waals surface area contributed by atoms with Gasteiger partial charge < -0.3 is 0 Å². The fourth-order valence-corrected chi connectivity index (χ4v) is 2.24. The first-order valence-corrected chi connectivity index (χ1v) is 6.12. The molecule has 0 amide bonds. The molecule has 3 heteroatoms. The fraction of sp³-hybridized carbons (Fsp3) is 0.231. The molecule has 2 rings (SSSR count). The fourth-order valence-electron chi connectivity index (χ4n) is 1.50. The molecule has 1 heterocycles. The van der Waals surface area contributed by atoms with Crippen LogP contribution in [0.15, 0.2) is 29.6 Å². The van der Waals surface area contributed by atoms with Gasteiger partial charge in [0.15, 0.2) is 0 Å². The van der Waals surface area contributed by atoms with Gasteiger partial charge >= 0.3 is 0 Å². The van der Waals surface area contributed by atoms with Gasteiger partial charge in [-0.15, -0.1) is 11.3 Å². The van der Waals surface area contributed by atoms with Crippen LogP contribution in [-0.4, -0.2) is 4.98 Å². The summed E-state index contributed by atoms with van der Waals surface area (Å²) in [6.45, 7) is 2.14. The third-order valence-electron chi connectivity index (χ3n) is 2.44. The van der Waals surface area contributed by atoms with Crippen LogP contribution in [0, 0.1) is 11.3 Å². The average molecular weight is 228 g/mol. The Morgan fingerprint density at radius 3 is 2.69 bits per heavy atom. The first kappa shape index (κ1) is 10.8. The van der Waals surface area contributed by atoms with E-state index in [0.717, 1.165) is 22.7 Å². The van der Waals surface area contributed by atoms with Crippen LogP contribution in [0.2, 0.25) is 0 Å². The van der Waals surface area contributed by atoms with Crippen molar-refractivity contribution in [1.82, 2.24) is 4.98 Å². The van der Waals surface area contributed by atoms with Gasteiger partial charge in [-0.05, 0) is 12.0 Å². The molecule has 0 saturated heterocycles. The molecule has 1 aromatic carbocycles. The minimum atomic E-state index is 0.401. The molecule has 0 saturated carbocycles. The summed E-state index contributed by atoms with van der Waals surface area (Å²) in [6, 6.07) is 10.5. The Balaban J connectivity index is 2.25. The number of benzene rings is 1. The highest BCUT2D eigenvalue weighted by atomic mass is 32.1. The summed E-state index contributed by atoms with van der Waals surface area (Å²) in [4.78, 5) is 4.42. The van der Waals surface area contributed by atoms with Crippen molar-refractivity contribution in [2.24, 2.45) is 0 Å². The third kappa shape index (κ3) is 2.29. The quantitative estimate of drug-likeness (QED) is 0.807. The van der Waals surface area contributed by atoms with Crippen LogP contribution >= 0.6 is 11.3 Å². The zero-order valence-corrected chi connectivity index (χ0v) is 9.92. The first-order chi connectivity index (χ1) is 7.83. The molecule has 16 heavy (non-hydrogen) atoms. The van der Waals surface area contributed by atoms with Crippen LogP contribution in [0.3, 0.4) is 0 Å². The number of aryl methyl sites for hydroxylation is 1. The number of nitrogens with zero attached hydrogens (tertiary/aromatic N) is 2. The number of hydrogen-bond donors (Lipinski definition) is 0. The maximum Gasteiger partial charge on any atom is 0.107 e. The smallest absolute Gasteiger partial charge is 0.107 e. The van der Waals surface area contributed by atoms with Crippen molar-refractivity contribution in [3.05, 3.63) is 40.2 Å². The van der Waals surface area contributed by atoms with Crippen molar-refractivity contribution < 1.29 is 0 Å². The molecule has 0 aliphatic rings. The van der Waals surface area contributed by atoms with Gasteiger partial charge in [-0.25, -0.2) is 4.98 Å². The van der Waals surface area contributed by atoms with Crippen molar-refractivity contribution in [1.29, 1.82) is 5.26 Å². The Hall–Kier alpha value is -1.66. The number of hydrogen-bond acceptors (Lipinski definition) is 3. The molecule has 0 spiro atoms. The zero-order chi connectivity index (χ0) is 11.4. The summed E-state index contributed by atoms with van der Waals surface area (Å²) in [7, 11) is 0. The van der Waals surface area contributed by atoms with Crippen molar-refractivity contribution in [2.75, 3.05) is 0 Å². The molecule has 1 aromatic heterocycles. The maximum atomic E-state index is 8.58. The van der Waals surface area contributed by atoms with E-state index in [1.54, 1.807) is 11.3 Å². The monoisotopic (exact) mass is 228 g/mol. The van der Waals surface area contributed by atoms with E-state index in [1.807, 2.05) is 5.38 Å². The van der Waals surface area contributed by atoms with Gasteiger partial charge in [0.05, 0.1) is 18.2 Å². The van der Waals surface area contributed by atoms with Crippen LogP contribution in [-0.2, 0) is 12.8 Å². The van der Waals surface area contributed by atoms with E-state index >= 15 is 0 Å². The topological polar surface area (TPSA) is 36.7 Å². The largest absolute Gasteiger partial charge is 0.240 e. The number of thiazole rings is 1. The van der Waals surface area contributed by atoms with E-state index in [-0.39, 0.29) is 0 Å². The molecule has 0 atom stereocenters. The Bertz CT molecular complexity index is 505. The van der Waals surface area contributed by atoms with Crippen molar-refractivity contribution in [3.8, 4) is 17.3 Å². The molecule has 0 aliphatic carbocycles. The summed E-state index contributed by atoms with van der Waals surface area (Å²) in [5.74, 6) is 0. The zero-order valence-electron chi connectivity index (χ0n) is 9.10. The first-order valence-electron chi connectivity index (χ1n) is 5.24. The van der Waals surface area contributed by atoms with E-state index in [4.69, 9.17) is 5.26 Å². The Kier molecular flexibility index (Phi) is 3.33. The van der Waals surface area contributed by atoms with Gasteiger partial charge in [0, 0.05) is 10.9 Å². The average Bonchev–Trinajstić information content (AvgIpc) is 2.78. The van der Waals surface area contributed by atoms with Gasteiger partial charge in [-0.3, -0.25) is 0 Å². The molecule has 80 valence electrons. The second-order valence-electron chi connectivity index (χ2n) is 3.51. The van der Waals surface area contributed by atoms with E-state index in [1.165, 1.54) is 5.56 Å². The second kappa shape index (κ2) is 4.91. The van der Waals surface area contributed by atoms with Gasteiger partial charge in [0.1, 0.15) is 5.01 Å².